The van der Waals surface area contributed by atoms with Gasteiger partial charge < -0.3 is 5.32 Å². The number of Topliss-reactive ketones (excluding diaryl/α,β-unsaturated/α-hetero) is 1. The maximum absolute atomic E-state index is 12.4. The van der Waals surface area contributed by atoms with E-state index in [1.807, 2.05) is 25.1 Å². The van der Waals surface area contributed by atoms with E-state index in [1.165, 1.54) is 4.79 Å². The van der Waals surface area contributed by atoms with Gasteiger partial charge >= 0.3 is 0 Å². The molecule has 2 aromatic rings. The van der Waals surface area contributed by atoms with Gasteiger partial charge in [-0.05, 0) is 28.5 Å². The fraction of sp³-hybridized carbons (Fsp3) is 0.273. The largest absolute Gasteiger partial charge is 0.342 e. The number of nitrogens with one attached hydrogen (secondary N) is 2. The molecule has 2 unspecified atom stereocenters. The second-order valence-electron chi connectivity index (χ2n) is 4.55. The lowest BCUT2D eigenvalue weighted by atomic mass is 10.0. The van der Waals surface area contributed by atoms with Crippen LogP contribution in [0, 0.1) is 6.92 Å². The molecule has 1 aromatic carbocycles. The van der Waals surface area contributed by atoms with E-state index in [-0.39, 0.29) is 17.9 Å². The number of tetrazole rings is 1. The monoisotopic (exact) mass is 242 g/mol. The number of nitrogens with zero attached hydrogens (tertiary/aromatic N) is 4. The molecular formula is C11H10N6O. The lowest BCUT2D eigenvalue weighted by molar-refractivity contribution is 0.0968. The van der Waals surface area contributed by atoms with Crippen LogP contribution in [0.15, 0.2) is 18.2 Å². The standard InChI is InChI=1S/C11H10N6O/c1-5-3-2-4-6-7(5)10(18)9-8(6)12-11-13-15-16-17(11)14-9/h2-4,8-9,14H,1H3,(H,12,13,16). The van der Waals surface area contributed by atoms with E-state index in [0.29, 0.717) is 5.95 Å². The van der Waals surface area contributed by atoms with Crippen LogP contribution in [-0.4, -0.2) is 32.1 Å². The number of anilines is 1. The summed E-state index contributed by atoms with van der Waals surface area (Å²) >= 11 is 0. The summed E-state index contributed by atoms with van der Waals surface area (Å²) in [4.78, 5) is 13.8. The first kappa shape index (κ1) is 9.58. The van der Waals surface area contributed by atoms with Gasteiger partial charge in [0.25, 0.3) is 5.95 Å². The fourth-order valence-corrected chi connectivity index (χ4v) is 2.70. The zero-order chi connectivity index (χ0) is 12.3. The van der Waals surface area contributed by atoms with Crippen molar-refractivity contribution in [3.63, 3.8) is 0 Å². The van der Waals surface area contributed by atoms with Crippen molar-refractivity contribution >= 4 is 11.7 Å². The number of fused-ring (bicyclic) bond motifs is 4. The molecule has 2 atom stereocenters. The Morgan fingerprint density at radius 3 is 3.11 bits per heavy atom. The van der Waals surface area contributed by atoms with Crippen LogP contribution >= 0.6 is 0 Å². The molecule has 18 heavy (non-hydrogen) atoms. The minimum absolute atomic E-state index is 0.0850. The van der Waals surface area contributed by atoms with Crippen LogP contribution < -0.4 is 10.7 Å². The molecule has 2 aliphatic rings. The Hall–Kier alpha value is -2.44. The number of aromatic nitrogens is 4. The van der Waals surface area contributed by atoms with Crippen LogP contribution in [0.2, 0.25) is 0 Å². The summed E-state index contributed by atoms with van der Waals surface area (Å²) in [6.45, 7) is 1.95. The second-order valence-corrected chi connectivity index (χ2v) is 4.55. The third-order valence-electron chi connectivity index (χ3n) is 3.52. The molecule has 4 rings (SSSR count). The summed E-state index contributed by atoms with van der Waals surface area (Å²) in [6.07, 6.45) is 0. The first-order chi connectivity index (χ1) is 8.75. The summed E-state index contributed by atoms with van der Waals surface area (Å²) in [5.41, 5.74) is 5.83. The highest BCUT2D eigenvalue weighted by molar-refractivity contribution is 6.08. The Bertz CT molecular complexity index is 663. The molecule has 1 aromatic heterocycles. The number of ketones is 1. The van der Waals surface area contributed by atoms with Crippen LogP contribution in [0.1, 0.15) is 27.5 Å². The van der Waals surface area contributed by atoms with Crippen molar-refractivity contribution in [1.82, 2.24) is 20.3 Å². The van der Waals surface area contributed by atoms with Gasteiger partial charge in [0, 0.05) is 5.56 Å². The topological polar surface area (TPSA) is 84.7 Å². The van der Waals surface area contributed by atoms with Crippen LogP contribution in [0.25, 0.3) is 0 Å². The summed E-state index contributed by atoms with van der Waals surface area (Å²) in [7, 11) is 0. The summed E-state index contributed by atoms with van der Waals surface area (Å²) < 4.78 is 0. The van der Waals surface area contributed by atoms with Crippen molar-refractivity contribution < 1.29 is 4.79 Å². The Labute approximate surface area is 102 Å². The number of hydrogen-bond donors (Lipinski definition) is 2. The molecule has 0 amide bonds. The molecule has 7 heteroatoms. The highest BCUT2D eigenvalue weighted by Gasteiger charge is 2.44. The van der Waals surface area contributed by atoms with E-state index in [0.717, 1.165) is 16.7 Å². The van der Waals surface area contributed by atoms with E-state index in [9.17, 15) is 4.79 Å². The maximum Gasteiger partial charge on any atom is 0.263 e. The van der Waals surface area contributed by atoms with Crippen LogP contribution in [0.3, 0.4) is 0 Å². The first-order valence-corrected chi connectivity index (χ1v) is 5.71. The Balaban J connectivity index is 1.89. The summed E-state index contributed by atoms with van der Waals surface area (Å²) in [6, 6.07) is 5.43. The number of benzene rings is 1. The minimum Gasteiger partial charge on any atom is -0.342 e. The second kappa shape index (κ2) is 3.06. The van der Waals surface area contributed by atoms with E-state index in [4.69, 9.17) is 0 Å². The zero-order valence-electron chi connectivity index (χ0n) is 9.58. The van der Waals surface area contributed by atoms with Crippen molar-refractivity contribution in [2.45, 2.75) is 19.0 Å². The molecule has 1 aliphatic carbocycles. The van der Waals surface area contributed by atoms with Crippen molar-refractivity contribution in [3.8, 4) is 0 Å². The molecule has 0 radical (unpaired) electrons. The van der Waals surface area contributed by atoms with E-state index in [2.05, 4.69) is 26.3 Å². The Morgan fingerprint density at radius 1 is 1.33 bits per heavy atom. The minimum atomic E-state index is -0.350. The lowest BCUT2D eigenvalue weighted by Crippen LogP contribution is -2.44. The molecule has 2 N–H and O–H groups in total. The third kappa shape index (κ3) is 1.03. The van der Waals surface area contributed by atoms with Crippen LogP contribution in [0.5, 0.6) is 0 Å². The quantitative estimate of drug-likeness (QED) is 0.689. The van der Waals surface area contributed by atoms with Crippen molar-refractivity contribution in [1.29, 1.82) is 0 Å². The highest BCUT2D eigenvalue weighted by atomic mass is 16.1. The molecule has 90 valence electrons. The van der Waals surface area contributed by atoms with Gasteiger partial charge in [-0.3, -0.25) is 10.2 Å². The molecular weight excluding hydrogens is 232 g/mol. The smallest absolute Gasteiger partial charge is 0.263 e. The van der Waals surface area contributed by atoms with Gasteiger partial charge in [-0.1, -0.05) is 23.3 Å². The zero-order valence-corrected chi connectivity index (χ0v) is 9.58. The third-order valence-corrected chi connectivity index (χ3v) is 3.52. The predicted octanol–water partition coefficient (Wildman–Crippen LogP) is 0.257. The van der Waals surface area contributed by atoms with Crippen LogP contribution in [-0.2, 0) is 0 Å². The van der Waals surface area contributed by atoms with Gasteiger partial charge in [0.2, 0.25) is 0 Å². The van der Waals surface area contributed by atoms with Gasteiger partial charge in [-0.2, -0.15) is 0 Å². The van der Waals surface area contributed by atoms with Gasteiger partial charge in [0.05, 0.1) is 6.04 Å². The van der Waals surface area contributed by atoms with E-state index < -0.39 is 0 Å². The molecule has 0 saturated carbocycles. The normalized spacial score (nSPS) is 23.7. The average Bonchev–Trinajstić information content (AvgIpc) is 2.92. The highest BCUT2D eigenvalue weighted by Crippen LogP contribution is 2.37. The SMILES string of the molecule is Cc1cccc2c1C(=O)C1Nn3nnnc3NC21. The summed E-state index contributed by atoms with van der Waals surface area (Å²) in [5, 5.41) is 14.4. The van der Waals surface area contributed by atoms with Gasteiger partial charge in [-0.15, -0.1) is 4.79 Å². The molecule has 7 nitrogen and oxygen atoms in total. The van der Waals surface area contributed by atoms with Gasteiger partial charge in [0.15, 0.2) is 5.78 Å². The lowest BCUT2D eigenvalue weighted by Gasteiger charge is -2.27. The summed E-state index contributed by atoms with van der Waals surface area (Å²) in [5.74, 6) is 0.611. The molecule has 1 aliphatic heterocycles. The molecule has 2 heterocycles. The molecule has 0 fully saturated rings. The van der Waals surface area contributed by atoms with Crippen molar-refractivity contribution in [2.75, 3.05) is 10.7 Å². The van der Waals surface area contributed by atoms with Gasteiger partial charge in [-0.25, -0.2) is 0 Å². The Kier molecular flexibility index (Phi) is 1.63. The number of rotatable bonds is 0. The molecule has 0 spiro atoms. The molecule has 0 bridgehead atoms. The predicted molar refractivity (Wildman–Crippen MR) is 62.8 cm³/mol. The van der Waals surface area contributed by atoms with E-state index in [1.54, 1.807) is 0 Å². The molecule has 0 saturated heterocycles. The van der Waals surface area contributed by atoms with Crippen molar-refractivity contribution in [3.05, 3.63) is 34.9 Å². The number of hydrogen-bond acceptors (Lipinski definition) is 6. The number of carbonyl (C=O) groups excluding carboxylic acids is 1. The van der Waals surface area contributed by atoms with Crippen molar-refractivity contribution in [2.24, 2.45) is 0 Å². The maximum atomic E-state index is 12.4. The van der Waals surface area contributed by atoms with Crippen LogP contribution in [0.4, 0.5) is 5.95 Å². The van der Waals surface area contributed by atoms with E-state index >= 15 is 0 Å². The van der Waals surface area contributed by atoms with Gasteiger partial charge in [0.1, 0.15) is 6.04 Å². The average molecular weight is 242 g/mol. The Morgan fingerprint density at radius 2 is 2.22 bits per heavy atom. The number of carbonyl (C=O) groups is 1. The number of aryl methyl sites for hydroxylation is 1. The fourth-order valence-electron chi connectivity index (χ4n) is 2.70. The first-order valence-electron chi connectivity index (χ1n) is 5.71.